The molecule has 1 heterocycles. The van der Waals surface area contributed by atoms with E-state index in [9.17, 15) is 9.90 Å². The fraction of sp³-hybridized carbons (Fsp3) is 0.706. The molecular weight excluding hydrogens is 278 g/mol. The van der Waals surface area contributed by atoms with E-state index in [4.69, 9.17) is 0 Å². The topological polar surface area (TPSA) is 53.4 Å². The van der Waals surface area contributed by atoms with Crippen LogP contribution in [0.25, 0.3) is 0 Å². The van der Waals surface area contributed by atoms with Crippen LogP contribution in [0.1, 0.15) is 57.9 Å². The summed E-state index contributed by atoms with van der Waals surface area (Å²) in [5.74, 6) is 0.470. The second-order valence-corrected chi connectivity index (χ2v) is 12.1. The van der Waals surface area contributed by atoms with Crippen LogP contribution in [0.2, 0.25) is 18.1 Å². The number of aliphatic hydroxyl groups is 1. The lowest BCUT2D eigenvalue weighted by atomic mass is 10.00. The maximum atomic E-state index is 10.3. The van der Waals surface area contributed by atoms with E-state index in [1.54, 1.807) is 6.20 Å². The van der Waals surface area contributed by atoms with E-state index in [0.29, 0.717) is 5.92 Å². The number of hydrogen-bond acceptors (Lipinski definition) is 3. The molecule has 0 bridgehead atoms. The Labute approximate surface area is 130 Å². The van der Waals surface area contributed by atoms with Crippen molar-refractivity contribution in [1.82, 2.24) is 4.98 Å². The third kappa shape index (κ3) is 5.53. The van der Waals surface area contributed by atoms with Crippen molar-refractivity contribution in [2.75, 3.05) is 0 Å². The number of rotatable bonds is 7. The molecule has 120 valence electrons. The molecule has 0 fully saturated rings. The highest BCUT2D eigenvalue weighted by Crippen LogP contribution is 2.39. The zero-order valence-corrected chi connectivity index (χ0v) is 15.3. The molecule has 4 heteroatoms. The molecule has 3 nitrogen and oxygen atoms in total. The summed E-state index contributed by atoms with van der Waals surface area (Å²) in [5.41, 5.74) is 1.92. The minimum atomic E-state index is -2.15. The smallest absolute Gasteiger partial charge is 0.188 e. The van der Waals surface area contributed by atoms with Gasteiger partial charge < -0.3 is 9.90 Å². The summed E-state index contributed by atoms with van der Waals surface area (Å²) in [7, 11) is -2.15. The van der Waals surface area contributed by atoms with Crippen LogP contribution in [0.15, 0.2) is 18.3 Å². The van der Waals surface area contributed by atoms with Gasteiger partial charge in [-0.05, 0) is 54.9 Å². The summed E-state index contributed by atoms with van der Waals surface area (Å²) in [6.07, 6.45) is 3.93. The fourth-order valence-electron chi connectivity index (χ4n) is 2.11. The first kappa shape index (κ1) is 18.3. The predicted molar refractivity (Wildman–Crippen MR) is 90.7 cm³/mol. The van der Waals surface area contributed by atoms with Gasteiger partial charge in [-0.1, -0.05) is 33.8 Å². The van der Waals surface area contributed by atoms with Crippen molar-refractivity contribution in [3.63, 3.8) is 0 Å². The van der Waals surface area contributed by atoms with E-state index in [1.807, 2.05) is 25.2 Å². The summed E-state index contributed by atoms with van der Waals surface area (Å²) in [5, 5.41) is 10.1. The molecule has 1 rings (SSSR count). The number of hydrogen-bond donors (Lipinski definition) is 2. The van der Waals surface area contributed by atoms with Crippen LogP contribution < -0.4 is 0 Å². The van der Waals surface area contributed by atoms with Crippen molar-refractivity contribution in [3.8, 4) is 0 Å². The lowest BCUT2D eigenvalue weighted by molar-refractivity contribution is 0.150. The molecule has 1 atom stereocenters. The van der Waals surface area contributed by atoms with E-state index < -0.39 is 14.4 Å². The van der Waals surface area contributed by atoms with Crippen LogP contribution in [-0.2, 0) is 6.42 Å². The SMILES string of the molecule is CC(C)CC(O)c1ccc(CCC(C)(C)[Si](C)(C)O)nc1. The first-order valence-electron chi connectivity index (χ1n) is 7.88. The predicted octanol–water partition coefficient (Wildman–Crippen LogP) is 4.07. The first-order valence-corrected chi connectivity index (χ1v) is 10.8. The van der Waals surface area contributed by atoms with E-state index in [0.717, 1.165) is 30.5 Å². The van der Waals surface area contributed by atoms with Crippen molar-refractivity contribution in [3.05, 3.63) is 29.6 Å². The van der Waals surface area contributed by atoms with Crippen molar-refractivity contribution >= 4 is 8.32 Å². The van der Waals surface area contributed by atoms with Gasteiger partial charge >= 0.3 is 0 Å². The largest absolute Gasteiger partial charge is 0.432 e. The Morgan fingerprint density at radius 2 is 1.86 bits per heavy atom. The molecule has 1 aromatic rings. The normalized spacial score (nSPS) is 14.5. The Morgan fingerprint density at radius 3 is 2.29 bits per heavy atom. The Balaban J connectivity index is 2.63. The summed E-state index contributed by atoms with van der Waals surface area (Å²) < 4.78 is 0. The summed E-state index contributed by atoms with van der Waals surface area (Å²) in [6.45, 7) is 12.5. The molecule has 1 aromatic heterocycles. The highest BCUT2D eigenvalue weighted by atomic mass is 28.4. The molecule has 2 N–H and O–H groups in total. The zero-order valence-electron chi connectivity index (χ0n) is 14.3. The number of aryl methyl sites for hydroxylation is 1. The monoisotopic (exact) mass is 309 g/mol. The molecule has 0 spiro atoms. The third-order valence-corrected chi connectivity index (χ3v) is 8.15. The van der Waals surface area contributed by atoms with Crippen LogP contribution in [-0.4, -0.2) is 23.2 Å². The maximum Gasteiger partial charge on any atom is 0.188 e. The van der Waals surface area contributed by atoms with E-state index in [-0.39, 0.29) is 5.04 Å². The minimum Gasteiger partial charge on any atom is -0.432 e. The van der Waals surface area contributed by atoms with Crippen LogP contribution in [0, 0.1) is 5.92 Å². The van der Waals surface area contributed by atoms with Gasteiger partial charge in [0.15, 0.2) is 8.32 Å². The molecule has 0 saturated carbocycles. The average molecular weight is 310 g/mol. The van der Waals surface area contributed by atoms with Crippen LogP contribution in [0.5, 0.6) is 0 Å². The Kier molecular flexibility index (Phi) is 6.14. The summed E-state index contributed by atoms with van der Waals surface area (Å²) in [6, 6.07) is 3.98. The van der Waals surface area contributed by atoms with Gasteiger partial charge in [-0.2, -0.15) is 0 Å². The van der Waals surface area contributed by atoms with Crippen molar-refractivity contribution in [2.45, 2.75) is 71.2 Å². The van der Waals surface area contributed by atoms with Crippen LogP contribution in [0.4, 0.5) is 0 Å². The van der Waals surface area contributed by atoms with E-state index in [1.165, 1.54) is 0 Å². The first-order chi connectivity index (χ1) is 9.53. The van der Waals surface area contributed by atoms with Crippen LogP contribution in [0.3, 0.4) is 0 Å². The lowest BCUT2D eigenvalue weighted by Gasteiger charge is -2.35. The number of aromatic nitrogens is 1. The minimum absolute atomic E-state index is 0.0233. The number of nitrogens with zero attached hydrogens (tertiary/aromatic N) is 1. The summed E-state index contributed by atoms with van der Waals surface area (Å²) in [4.78, 5) is 14.8. The van der Waals surface area contributed by atoms with Gasteiger partial charge in [0, 0.05) is 11.9 Å². The molecule has 0 radical (unpaired) electrons. The highest BCUT2D eigenvalue weighted by Gasteiger charge is 2.37. The number of pyridine rings is 1. The van der Waals surface area contributed by atoms with Crippen molar-refractivity contribution < 1.29 is 9.90 Å². The van der Waals surface area contributed by atoms with Gasteiger partial charge in [-0.15, -0.1) is 0 Å². The zero-order chi connectivity index (χ0) is 16.3. The highest BCUT2D eigenvalue weighted by molar-refractivity contribution is 6.72. The molecule has 21 heavy (non-hydrogen) atoms. The molecular formula is C17H31NO2Si. The fourth-order valence-corrected chi connectivity index (χ4v) is 2.85. The molecule has 0 aliphatic carbocycles. The molecule has 0 aliphatic rings. The molecule has 0 aliphatic heterocycles. The maximum absolute atomic E-state index is 10.3. The molecule has 1 unspecified atom stereocenters. The van der Waals surface area contributed by atoms with Gasteiger partial charge in [0.05, 0.1) is 6.10 Å². The lowest BCUT2D eigenvalue weighted by Crippen LogP contribution is -2.39. The van der Waals surface area contributed by atoms with Crippen LogP contribution >= 0.6 is 0 Å². The van der Waals surface area contributed by atoms with E-state index in [2.05, 4.69) is 32.7 Å². The Hall–Kier alpha value is -0.713. The van der Waals surface area contributed by atoms with Gasteiger partial charge in [-0.3, -0.25) is 4.98 Å². The van der Waals surface area contributed by atoms with Gasteiger partial charge in [0.2, 0.25) is 0 Å². The Morgan fingerprint density at radius 1 is 1.24 bits per heavy atom. The van der Waals surface area contributed by atoms with Gasteiger partial charge in [-0.25, -0.2) is 0 Å². The van der Waals surface area contributed by atoms with E-state index >= 15 is 0 Å². The molecule has 0 aromatic carbocycles. The Bertz CT molecular complexity index is 435. The third-order valence-electron chi connectivity index (χ3n) is 4.59. The van der Waals surface area contributed by atoms with Gasteiger partial charge in [0.25, 0.3) is 0 Å². The second-order valence-electron chi connectivity index (χ2n) is 7.67. The van der Waals surface area contributed by atoms with Crippen molar-refractivity contribution in [1.29, 1.82) is 0 Å². The second kappa shape index (κ2) is 7.03. The molecule has 0 saturated heterocycles. The van der Waals surface area contributed by atoms with Crippen molar-refractivity contribution in [2.24, 2.45) is 5.92 Å². The quantitative estimate of drug-likeness (QED) is 0.746. The van der Waals surface area contributed by atoms with Gasteiger partial charge in [0.1, 0.15) is 0 Å². The molecule has 0 amide bonds. The average Bonchev–Trinajstić information content (AvgIpc) is 2.35. The summed E-state index contributed by atoms with van der Waals surface area (Å²) >= 11 is 0. The number of aliphatic hydroxyl groups excluding tert-OH is 1. The standard InChI is InChI=1S/C17H31NO2Si/c1-13(2)11-16(19)14-7-8-15(18-12-14)9-10-17(3,4)21(5,6)20/h7-8,12-13,16,19-20H,9-11H2,1-6H3.